The van der Waals surface area contributed by atoms with Gasteiger partial charge in [-0.1, -0.05) is 0 Å². The van der Waals surface area contributed by atoms with Crippen molar-refractivity contribution >= 4 is 12.0 Å². The molecule has 1 aromatic rings. The van der Waals surface area contributed by atoms with Gasteiger partial charge in [-0.3, -0.25) is 9.78 Å². The lowest BCUT2D eigenvalue weighted by Crippen LogP contribution is -2.20. The van der Waals surface area contributed by atoms with E-state index in [1.807, 2.05) is 0 Å². The lowest BCUT2D eigenvalue weighted by atomic mass is 10.4. The SMILES string of the molecule is O=C1C=c2cnccc2=N1. The summed E-state index contributed by atoms with van der Waals surface area (Å²) in [4.78, 5) is 18.2. The second-order valence-electron chi connectivity index (χ2n) is 2.03. The third-order valence-electron chi connectivity index (χ3n) is 1.34. The van der Waals surface area contributed by atoms with Crippen LogP contribution < -0.4 is 10.6 Å². The minimum atomic E-state index is -0.192. The number of aromatic nitrogens is 1. The lowest BCUT2D eigenvalue weighted by molar-refractivity contribution is -0.112. The molecule has 0 fully saturated rings. The first-order chi connectivity index (χ1) is 4.86. The van der Waals surface area contributed by atoms with Crippen molar-refractivity contribution in [1.82, 2.24) is 4.98 Å². The summed E-state index contributed by atoms with van der Waals surface area (Å²) in [6, 6.07) is 1.72. The summed E-state index contributed by atoms with van der Waals surface area (Å²) in [5, 5.41) is 1.53. The molecule has 2 rings (SSSR count). The van der Waals surface area contributed by atoms with E-state index in [4.69, 9.17) is 0 Å². The third-order valence-corrected chi connectivity index (χ3v) is 1.34. The first kappa shape index (κ1) is 5.29. The van der Waals surface area contributed by atoms with Crippen molar-refractivity contribution < 1.29 is 4.79 Å². The van der Waals surface area contributed by atoms with Gasteiger partial charge in [0.05, 0.1) is 5.36 Å². The number of pyridine rings is 1. The minimum Gasteiger partial charge on any atom is -0.267 e. The van der Waals surface area contributed by atoms with Crippen LogP contribution in [-0.2, 0) is 4.79 Å². The number of fused-ring (bicyclic) bond motifs is 1. The predicted octanol–water partition coefficient (Wildman–Crippen LogP) is -0.978. The molecule has 0 saturated heterocycles. The van der Waals surface area contributed by atoms with Gasteiger partial charge in [0.1, 0.15) is 0 Å². The molecule has 2 heterocycles. The van der Waals surface area contributed by atoms with E-state index >= 15 is 0 Å². The zero-order valence-corrected chi connectivity index (χ0v) is 5.11. The molecule has 0 spiro atoms. The van der Waals surface area contributed by atoms with Crippen molar-refractivity contribution in [3.63, 3.8) is 0 Å². The highest BCUT2D eigenvalue weighted by Crippen LogP contribution is 1.79. The first-order valence-electron chi connectivity index (χ1n) is 2.91. The van der Waals surface area contributed by atoms with Crippen molar-refractivity contribution in [2.45, 2.75) is 0 Å². The Morgan fingerprint density at radius 3 is 3.10 bits per heavy atom. The second kappa shape index (κ2) is 1.73. The van der Waals surface area contributed by atoms with Crippen LogP contribution >= 0.6 is 0 Å². The predicted molar refractivity (Wildman–Crippen MR) is 34.5 cm³/mol. The molecule has 0 N–H and O–H groups in total. The molecule has 1 aliphatic rings. The summed E-state index contributed by atoms with van der Waals surface area (Å²) in [7, 11) is 0. The van der Waals surface area contributed by atoms with Gasteiger partial charge in [0.15, 0.2) is 0 Å². The lowest BCUT2D eigenvalue weighted by Gasteiger charge is -1.76. The molecular weight excluding hydrogens is 128 g/mol. The standard InChI is InChI=1S/C7H4N2O/c10-7-3-5-4-8-2-1-6(5)9-7/h1-4H. The van der Waals surface area contributed by atoms with E-state index in [9.17, 15) is 4.79 Å². The van der Waals surface area contributed by atoms with Gasteiger partial charge < -0.3 is 0 Å². The summed E-state index contributed by atoms with van der Waals surface area (Å²) < 4.78 is 0. The van der Waals surface area contributed by atoms with Gasteiger partial charge in [-0.2, -0.15) is 0 Å². The molecular formula is C7H4N2O. The summed E-state index contributed by atoms with van der Waals surface area (Å²) in [5.41, 5.74) is 0. The summed E-state index contributed by atoms with van der Waals surface area (Å²) >= 11 is 0. The third kappa shape index (κ3) is 0.639. The highest BCUT2D eigenvalue weighted by molar-refractivity contribution is 6.06. The molecule has 0 radical (unpaired) electrons. The molecule has 3 nitrogen and oxygen atoms in total. The Hall–Kier alpha value is -1.51. The smallest absolute Gasteiger partial charge is 0.267 e. The molecule has 0 unspecified atom stereocenters. The van der Waals surface area contributed by atoms with Gasteiger partial charge in [-0.05, 0) is 6.07 Å². The fourth-order valence-electron chi connectivity index (χ4n) is 0.896. The normalized spacial score (nSPS) is 13.8. The average molecular weight is 132 g/mol. The van der Waals surface area contributed by atoms with Gasteiger partial charge in [0.2, 0.25) is 0 Å². The molecule has 1 aliphatic heterocycles. The fraction of sp³-hybridized carbons (Fsp3) is 0. The molecule has 48 valence electrons. The number of nitrogens with zero attached hydrogens (tertiary/aromatic N) is 2. The van der Waals surface area contributed by atoms with E-state index < -0.39 is 0 Å². The van der Waals surface area contributed by atoms with Crippen LogP contribution in [0.4, 0.5) is 0 Å². The van der Waals surface area contributed by atoms with Gasteiger partial charge >= 0.3 is 0 Å². The van der Waals surface area contributed by atoms with Crippen molar-refractivity contribution in [2.24, 2.45) is 4.99 Å². The topological polar surface area (TPSA) is 42.3 Å². The van der Waals surface area contributed by atoms with Crippen LogP contribution in [0, 0.1) is 0 Å². The first-order valence-corrected chi connectivity index (χ1v) is 2.91. The van der Waals surface area contributed by atoms with E-state index in [0.29, 0.717) is 0 Å². The number of hydrogen-bond acceptors (Lipinski definition) is 2. The Balaban J connectivity index is 2.96. The van der Waals surface area contributed by atoms with E-state index in [1.165, 1.54) is 6.08 Å². The molecule has 0 aliphatic carbocycles. The average Bonchev–Trinajstić information content (AvgIpc) is 2.27. The van der Waals surface area contributed by atoms with E-state index in [2.05, 4.69) is 9.98 Å². The number of amides is 1. The Morgan fingerprint density at radius 1 is 1.40 bits per heavy atom. The molecule has 3 heteroatoms. The van der Waals surface area contributed by atoms with Gasteiger partial charge in [0, 0.05) is 23.7 Å². The number of carbonyl (C=O) groups excluding carboxylic acids is 1. The molecule has 1 amide bonds. The van der Waals surface area contributed by atoms with Crippen LogP contribution in [0.2, 0.25) is 0 Å². The van der Waals surface area contributed by atoms with E-state index in [1.54, 1.807) is 18.5 Å². The number of hydrogen-bond donors (Lipinski definition) is 0. The zero-order valence-electron chi connectivity index (χ0n) is 5.11. The number of rotatable bonds is 0. The quantitative estimate of drug-likeness (QED) is 0.455. The van der Waals surface area contributed by atoms with E-state index in [-0.39, 0.29) is 5.91 Å². The van der Waals surface area contributed by atoms with Gasteiger partial charge in [-0.25, -0.2) is 4.99 Å². The Kier molecular flexibility index (Phi) is 0.917. The van der Waals surface area contributed by atoms with Crippen molar-refractivity contribution in [3.05, 3.63) is 29.0 Å². The van der Waals surface area contributed by atoms with Crippen LogP contribution in [-0.4, -0.2) is 10.9 Å². The molecule has 0 bridgehead atoms. The Bertz CT molecular complexity index is 357. The summed E-state index contributed by atoms with van der Waals surface area (Å²) in [5.74, 6) is -0.192. The molecule has 1 aromatic heterocycles. The van der Waals surface area contributed by atoms with Crippen LogP contribution in [0.5, 0.6) is 0 Å². The minimum absolute atomic E-state index is 0.192. The maximum atomic E-state index is 10.6. The van der Waals surface area contributed by atoms with E-state index in [0.717, 1.165) is 10.6 Å². The molecule has 0 aromatic carbocycles. The van der Waals surface area contributed by atoms with Crippen molar-refractivity contribution in [3.8, 4) is 0 Å². The molecule has 0 atom stereocenters. The highest BCUT2D eigenvalue weighted by atomic mass is 16.1. The molecule has 0 saturated carbocycles. The maximum Gasteiger partial charge on any atom is 0.271 e. The summed E-state index contributed by atoms with van der Waals surface area (Å²) in [6.45, 7) is 0. The van der Waals surface area contributed by atoms with Crippen LogP contribution in [0.3, 0.4) is 0 Å². The van der Waals surface area contributed by atoms with Crippen LogP contribution in [0.1, 0.15) is 0 Å². The highest BCUT2D eigenvalue weighted by Gasteiger charge is 2.00. The Labute approximate surface area is 56.7 Å². The monoisotopic (exact) mass is 132 g/mol. The Morgan fingerprint density at radius 2 is 2.30 bits per heavy atom. The zero-order chi connectivity index (χ0) is 6.97. The maximum absolute atomic E-state index is 10.6. The fourth-order valence-corrected chi connectivity index (χ4v) is 0.896. The molecule has 10 heavy (non-hydrogen) atoms. The van der Waals surface area contributed by atoms with Crippen molar-refractivity contribution in [1.29, 1.82) is 0 Å². The van der Waals surface area contributed by atoms with Crippen LogP contribution in [0.25, 0.3) is 6.08 Å². The largest absolute Gasteiger partial charge is 0.271 e. The van der Waals surface area contributed by atoms with Crippen LogP contribution in [0.15, 0.2) is 23.5 Å². The van der Waals surface area contributed by atoms with Crippen molar-refractivity contribution in [2.75, 3.05) is 0 Å². The van der Waals surface area contributed by atoms with Gasteiger partial charge in [-0.15, -0.1) is 0 Å². The van der Waals surface area contributed by atoms with Gasteiger partial charge in [0.25, 0.3) is 5.91 Å². The summed E-state index contributed by atoms with van der Waals surface area (Å²) in [6.07, 6.45) is 4.72. The number of carbonyl (C=O) groups is 1. The second-order valence-corrected chi connectivity index (χ2v) is 2.03.